The van der Waals surface area contributed by atoms with Crippen molar-refractivity contribution in [1.82, 2.24) is 0 Å². The van der Waals surface area contributed by atoms with Gasteiger partial charge in [0, 0.05) is 0 Å². The number of fused-ring (bicyclic) bond motifs is 4. The van der Waals surface area contributed by atoms with E-state index in [4.69, 9.17) is 0 Å². The van der Waals surface area contributed by atoms with Crippen LogP contribution in [0.5, 0.6) is 0 Å². The van der Waals surface area contributed by atoms with Gasteiger partial charge in [-0.2, -0.15) is 12.1 Å². The minimum atomic E-state index is 0. The van der Waals surface area contributed by atoms with Crippen molar-refractivity contribution in [2.24, 2.45) is 0 Å². The topological polar surface area (TPSA) is 0 Å². The average Bonchev–Trinajstić information content (AvgIpc) is 3.79. The van der Waals surface area contributed by atoms with Crippen molar-refractivity contribution < 1.29 is 48.1 Å². The number of rotatable bonds is 6. The van der Waals surface area contributed by atoms with Gasteiger partial charge in [0.25, 0.3) is 0 Å². The van der Waals surface area contributed by atoms with Crippen LogP contribution < -0.4 is 24.8 Å². The molecule has 2 atom stereocenters. The summed E-state index contributed by atoms with van der Waals surface area (Å²) in [5, 5.41) is 10.6. The minimum Gasteiger partial charge on any atom is -1.00 e. The second kappa shape index (κ2) is 19.2. The standard InChI is InChI=1S/2C23H21.C2H6Si.2ClH.Zr/c2*1-3-16(2)21-14-19-9-6-10-22(23(19)15-21)20-12-11-17-7-4-5-8-18(17)13-20;1-3-2;;;/h2*4-16H,3H2,1-2H3;1-2H3;2*1H;/q2*-1;;;;+2/p-2. The first kappa shape index (κ1) is 41.5. The van der Waals surface area contributed by atoms with Gasteiger partial charge in [0.05, 0.1) is 0 Å². The summed E-state index contributed by atoms with van der Waals surface area (Å²) in [7, 11) is 0. The van der Waals surface area contributed by atoms with Gasteiger partial charge >= 0.3 is 41.9 Å². The van der Waals surface area contributed by atoms with E-state index in [1.54, 1.807) is 23.3 Å². The van der Waals surface area contributed by atoms with Crippen LogP contribution in [0.2, 0.25) is 13.1 Å². The van der Waals surface area contributed by atoms with Gasteiger partial charge in [0.15, 0.2) is 0 Å². The van der Waals surface area contributed by atoms with E-state index in [9.17, 15) is 0 Å². The fourth-order valence-corrected chi connectivity index (χ4v) is 6.77. The van der Waals surface area contributed by atoms with Gasteiger partial charge in [-0.3, -0.25) is 0 Å². The van der Waals surface area contributed by atoms with Crippen LogP contribution in [-0.2, 0) is 23.3 Å². The Bertz CT molecular complexity index is 2230. The van der Waals surface area contributed by atoms with E-state index in [1.807, 2.05) is 0 Å². The molecule has 52 heavy (non-hydrogen) atoms. The molecule has 264 valence electrons. The Labute approximate surface area is 338 Å². The second-order valence-corrected chi connectivity index (χ2v) is 23.3. The molecule has 0 aliphatic rings. The van der Waals surface area contributed by atoms with Crippen LogP contribution in [0.25, 0.3) is 65.3 Å². The second-order valence-electron chi connectivity index (χ2n) is 13.9. The summed E-state index contributed by atoms with van der Waals surface area (Å²) >= 11 is 1.74. The largest absolute Gasteiger partial charge is 1.00 e. The summed E-state index contributed by atoms with van der Waals surface area (Å²) in [6.07, 6.45) is 2.36. The maximum absolute atomic E-state index is 2.38. The molecule has 0 aromatic heterocycles. The molecular formula is C48H48Cl2SiZr-2. The summed E-state index contributed by atoms with van der Waals surface area (Å²) in [5.74, 6) is 1.23. The number of halogens is 2. The molecule has 0 nitrogen and oxygen atoms in total. The third-order valence-corrected chi connectivity index (χ3v) is 10.0. The maximum atomic E-state index is 2.38. The molecule has 0 saturated heterocycles. The summed E-state index contributed by atoms with van der Waals surface area (Å²) in [5.41, 5.74) is 8.39. The first-order valence-electron chi connectivity index (χ1n) is 18.1. The van der Waals surface area contributed by atoms with E-state index in [2.05, 4.69) is 186 Å². The summed E-state index contributed by atoms with van der Waals surface area (Å²) in [4.78, 5) is 0. The molecule has 0 spiro atoms. The Hall–Kier alpha value is -3.26. The smallest absolute Gasteiger partial charge is 1.00 e. The molecule has 2 unspecified atom stereocenters. The van der Waals surface area contributed by atoms with Crippen LogP contribution in [0.4, 0.5) is 0 Å². The van der Waals surface area contributed by atoms with E-state index >= 15 is 0 Å². The van der Waals surface area contributed by atoms with Gasteiger partial charge in [0.1, 0.15) is 0 Å². The zero-order valence-electron chi connectivity index (χ0n) is 31.2. The Morgan fingerprint density at radius 3 is 1.23 bits per heavy atom. The molecule has 8 rings (SSSR count). The van der Waals surface area contributed by atoms with Gasteiger partial charge in [0.2, 0.25) is 0 Å². The van der Waals surface area contributed by atoms with Crippen LogP contribution in [0, 0.1) is 0 Å². The first-order chi connectivity index (χ1) is 24.2. The van der Waals surface area contributed by atoms with Crippen molar-refractivity contribution in [2.75, 3.05) is 0 Å². The number of benzene rings is 6. The van der Waals surface area contributed by atoms with E-state index in [1.165, 1.54) is 89.3 Å². The quantitative estimate of drug-likeness (QED) is 0.117. The van der Waals surface area contributed by atoms with Crippen LogP contribution in [0.15, 0.2) is 146 Å². The molecule has 0 aliphatic carbocycles. The molecule has 0 N–H and O–H groups in total. The van der Waals surface area contributed by atoms with Crippen molar-refractivity contribution in [3.05, 3.63) is 157 Å². The van der Waals surface area contributed by atoms with Gasteiger partial charge in [-0.25, -0.2) is 0 Å². The fraction of sp³-hybridized carbons (Fsp3) is 0.208. The molecule has 0 amide bonds. The summed E-state index contributed by atoms with van der Waals surface area (Å²) < 4.78 is 0. The van der Waals surface area contributed by atoms with Crippen molar-refractivity contribution in [3.8, 4) is 22.3 Å². The van der Waals surface area contributed by atoms with Gasteiger partial charge < -0.3 is 24.8 Å². The zero-order chi connectivity index (χ0) is 35.2. The SMILES string of the molecule is CCC(C)c1cc2c(-c3ccc4ccccc4c3)cccc2[cH-]1.CCC(C)c1cc2c(-c3ccc4ccccc4c3)cccc2[cH-]1.C[Si](C)=[Zr+2].[Cl-].[Cl-]. The third kappa shape index (κ3) is 9.64. The van der Waals surface area contributed by atoms with E-state index in [0.29, 0.717) is 11.8 Å². The average molecular weight is 815 g/mol. The molecule has 8 aromatic rings. The molecule has 0 bridgehead atoms. The molecule has 8 aromatic carbocycles. The Morgan fingerprint density at radius 1 is 0.500 bits per heavy atom. The van der Waals surface area contributed by atoms with E-state index < -0.39 is 0 Å². The van der Waals surface area contributed by atoms with Crippen LogP contribution in [0.3, 0.4) is 0 Å². The van der Waals surface area contributed by atoms with Crippen molar-refractivity contribution >= 4 is 48.5 Å². The summed E-state index contributed by atoms with van der Waals surface area (Å²) in [6.45, 7) is 13.7. The Morgan fingerprint density at radius 2 is 0.865 bits per heavy atom. The van der Waals surface area contributed by atoms with E-state index in [-0.39, 0.29) is 30.2 Å². The summed E-state index contributed by atoms with van der Waals surface area (Å²) in [6, 6.07) is 53.4. The Balaban J connectivity index is 0.000000204. The number of hydrogen-bond acceptors (Lipinski definition) is 0. The molecule has 0 saturated carbocycles. The van der Waals surface area contributed by atoms with Crippen LogP contribution in [-0.4, -0.2) is 5.43 Å². The fourth-order valence-electron chi connectivity index (χ4n) is 6.77. The monoisotopic (exact) mass is 812 g/mol. The predicted octanol–water partition coefficient (Wildman–Crippen LogP) is 8.58. The van der Waals surface area contributed by atoms with Crippen molar-refractivity contribution in [3.63, 3.8) is 0 Å². The minimum absolute atomic E-state index is 0. The number of hydrogen-bond donors (Lipinski definition) is 0. The van der Waals surface area contributed by atoms with Gasteiger partial charge in [-0.15, -0.1) is 69.1 Å². The maximum Gasteiger partial charge on any atom is -1.00 e. The van der Waals surface area contributed by atoms with Crippen LogP contribution >= 0.6 is 0 Å². The molecule has 0 fully saturated rings. The molecule has 0 aliphatic heterocycles. The molecular weight excluding hydrogens is 767 g/mol. The zero-order valence-corrected chi connectivity index (χ0v) is 36.2. The molecule has 0 heterocycles. The Kier molecular flexibility index (Phi) is 15.3. The van der Waals surface area contributed by atoms with E-state index in [0.717, 1.165) is 0 Å². The van der Waals surface area contributed by atoms with Crippen molar-refractivity contribution in [1.29, 1.82) is 0 Å². The predicted molar refractivity (Wildman–Crippen MR) is 220 cm³/mol. The molecule has 4 heteroatoms. The van der Waals surface area contributed by atoms with Gasteiger partial charge in [-0.1, -0.05) is 137 Å². The first-order valence-corrected chi connectivity index (χ1v) is 24.3. The third-order valence-electron chi connectivity index (χ3n) is 10.0. The van der Waals surface area contributed by atoms with Crippen LogP contribution in [0.1, 0.15) is 63.5 Å². The molecule has 0 radical (unpaired) electrons. The van der Waals surface area contributed by atoms with Gasteiger partial charge in [-0.05, 0) is 56.6 Å². The van der Waals surface area contributed by atoms with Crippen molar-refractivity contribution in [2.45, 2.75) is 65.5 Å². The normalized spacial score (nSPS) is 11.8.